The summed E-state index contributed by atoms with van der Waals surface area (Å²) < 4.78 is 5.82. The van der Waals surface area contributed by atoms with E-state index in [1.54, 1.807) is 0 Å². The summed E-state index contributed by atoms with van der Waals surface area (Å²) >= 11 is 0. The molecule has 1 saturated heterocycles. The Kier molecular flexibility index (Phi) is 4.28. The van der Waals surface area contributed by atoms with Gasteiger partial charge in [0, 0.05) is 24.2 Å². The van der Waals surface area contributed by atoms with Gasteiger partial charge < -0.3 is 10.1 Å². The number of ether oxygens (including phenoxy) is 1. The molecular formula is C21H22N2O. The quantitative estimate of drug-likeness (QED) is 0.798. The molecule has 1 N–H and O–H groups in total. The van der Waals surface area contributed by atoms with E-state index in [0.717, 1.165) is 37.3 Å². The molecule has 1 aliphatic heterocycles. The smallest absolute Gasteiger partial charge is 0.0949 e. The summed E-state index contributed by atoms with van der Waals surface area (Å²) in [6, 6.07) is 19.4. The Morgan fingerprint density at radius 2 is 1.96 bits per heavy atom. The summed E-state index contributed by atoms with van der Waals surface area (Å²) in [6.07, 6.45) is 1.08. The lowest BCUT2D eigenvalue weighted by molar-refractivity contribution is 0.0277. The van der Waals surface area contributed by atoms with Crippen molar-refractivity contribution in [3.05, 3.63) is 77.0 Å². The van der Waals surface area contributed by atoms with Crippen molar-refractivity contribution in [2.75, 3.05) is 19.7 Å². The SMILES string of the molecule is Cc1ccc2cccc(Cc3ccc([C@H]4CNCCO4)cc3)c2n1. The van der Waals surface area contributed by atoms with Gasteiger partial charge in [0.15, 0.2) is 0 Å². The Hall–Kier alpha value is -2.23. The van der Waals surface area contributed by atoms with E-state index in [4.69, 9.17) is 9.72 Å². The van der Waals surface area contributed by atoms with E-state index in [1.807, 2.05) is 6.92 Å². The van der Waals surface area contributed by atoms with Crippen LogP contribution in [0.1, 0.15) is 28.5 Å². The molecule has 3 aromatic rings. The number of aryl methyl sites for hydroxylation is 1. The number of morpholine rings is 1. The first kappa shape index (κ1) is 15.3. The number of para-hydroxylation sites is 1. The van der Waals surface area contributed by atoms with Gasteiger partial charge in [-0.05, 0) is 36.1 Å². The second-order valence-corrected chi connectivity index (χ2v) is 6.42. The summed E-state index contributed by atoms with van der Waals surface area (Å²) in [5, 5.41) is 4.58. The molecule has 2 heterocycles. The number of pyridine rings is 1. The maximum atomic E-state index is 5.82. The third-order valence-corrected chi connectivity index (χ3v) is 4.62. The fourth-order valence-corrected chi connectivity index (χ4v) is 3.30. The van der Waals surface area contributed by atoms with Crippen LogP contribution in [0.15, 0.2) is 54.6 Å². The molecule has 0 saturated carbocycles. The van der Waals surface area contributed by atoms with E-state index < -0.39 is 0 Å². The van der Waals surface area contributed by atoms with E-state index in [-0.39, 0.29) is 6.10 Å². The number of nitrogens with one attached hydrogen (secondary N) is 1. The van der Waals surface area contributed by atoms with Gasteiger partial charge in [-0.2, -0.15) is 0 Å². The Balaban J connectivity index is 1.58. The topological polar surface area (TPSA) is 34.1 Å². The molecule has 0 radical (unpaired) electrons. The van der Waals surface area contributed by atoms with Gasteiger partial charge in [-0.3, -0.25) is 4.98 Å². The van der Waals surface area contributed by atoms with Gasteiger partial charge in [0.1, 0.15) is 0 Å². The highest BCUT2D eigenvalue weighted by atomic mass is 16.5. The first-order chi connectivity index (χ1) is 11.8. The van der Waals surface area contributed by atoms with Crippen LogP contribution in [0.5, 0.6) is 0 Å². The highest BCUT2D eigenvalue weighted by Crippen LogP contribution is 2.23. The van der Waals surface area contributed by atoms with E-state index in [2.05, 4.69) is 59.9 Å². The minimum Gasteiger partial charge on any atom is -0.371 e. The summed E-state index contributed by atoms with van der Waals surface area (Å²) in [5.74, 6) is 0. The number of fused-ring (bicyclic) bond motifs is 1. The third-order valence-electron chi connectivity index (χ3n) is 4.62. The molecule has 1 aliphatic rings. The van der Waals surface area contributed by atoms with Gasteiger partial charge in [0.25, 0.3) is 0 Å². The maximum absolute atomic E-state index is 5.82. The molecule has 1 fully saturated rings. The number of benzene rings is 2. The lowest BCUT2D eigenvalue weighted by atomic mass is 9.99. The normalized spacial score (nSPS) is 18.0. The van der Waals surface area contributed by atoms with Crippen molar-refractivity contribution in [2.45, 2.75) is 19.4 Å². The Morgan fingerprint density at radius 1 is 1.08 bits per heavy atom. The van der Waals surface area contributed by atoms with Crippen LogP contribution in [0.3, 0.4) is 0 Å². The van der Waals surface area contributed by atoms with Crippen molar-refractivity contribution in [1.82, 2.24) is 10.3 Å². The molecule has 1 atom stereocenters. The Bertz CT molecular complexity index is 836. The predicted octanol–water partition coefficient (Wildman–Crippen LogP) is 3.79. The minimum absolute atomic E-state index is 0.176. The second kappa shape index (κ2) is 6.71. The summed E-state index contributed by atoms with van der Waals surface area (Å²) in [6.45, 7) is 4.67. The highest BCUT2D eigenvalue weighted by Gasteiger charge is 2.15. The van der Waals surface area contributed by atoms with E-state index in [1.165, 1.54) is 22.1 Å². The van der Waals surface area contributed by atoms with Crippen molar-refractivity contribution in [2.24, 2.45) is 0 Å². The average Bonchev–Trinajstić information content (AvgIpc) is 2.64. The van der Waals surface area contributed by atoms with Crippen LogP contribution in [0.25, 0.3) is 10.9 Å². The van der Waals surface area contributed by atoms with E-state index in [9.17, 15) is 0 Å². The highest BCUT2D eigenvalue weighted by molar-refractivity contribution is 5.82. The molecule has 1 aromatic heterocycles. The van der Waals surface area contributed by atoms with Gasteiger partial charge in [-0.1, -0.05) is 48.5 Å². The summed E-state index contributed by atoms with van der Waals surface area (Å²) in [4.78, 5) is 4.73. The molecule has 0 unspecified atom stereocenters. The van der Waals surface area contributed by atoms with Gasteiger partial charge in [-0.25, -0.2) is 0 Å². The number of aromatic nitrogens is 1. The molecule has 3 nitrogen and oxygen atoms in total. The first-order valence-corrected chi connectivity index (χ1v) is 8.56. The van der Waals surface area contributed by atoms with E-state index in [0.29, 0.717) is 0 Å². The van der Waals surface area contributed by atoms with Crippen molar-refractivity contribution in [3.8, 4) is 0 Å². The first-order valence-electron chi connectivity index (χ1n) is 8.56. The Labute approximate surface area is 142 Å². The average molecular weight is 318 g/mol. The zero-order chi connectivity index (χ0) is 16.4. The lowest BCUT2D eigenvalue weighted by Crippen LogP contribution is -2.33. The van der Waals surface area contributed by atoms with Crippen LogP contribution in [-0.2, 0) is 11.2 Å². The van der Waals surface area contributed by atoms with Gasteiger partial charge in [0.05, 0.1) is 18.2 Å². The molecule has 4 rings (SSSR count). The number of hydrogen-bond donors (Lipinski definition) is 1. The molecule has 0 bridgehead atoms. The molecular weight excluding hydrogens is 296 g/mol. The van der Waals surface area contributed by atoms with Crippen LogP contribution >= 0.6 is 0 Å². The molecule has 0 amide bonds. The van der Waals surface area contributed by atoms with E-state index >= 15 is 0 Å². The molecule has 2 aromatic carbocycles. The fourth-order valence-electron chi connectivity index (χ4n) is 3.30. The molecule has 24 heavy (non-hydrogen) atoms. The number of hydrogen-bond acceptors (Lipinski definition) is 3. The monoisotopic (exact) mass is 318 g/mol. The number of nitrogens with zero attached hydrogens (tertiary/aromatic N) is 1. The standard InChI is InChI=1S/C21H22N2O/c1-15-5-8-18-3-2-4-19(21(18)23-15)13-16-6-9-17(10-7-16)20-14-22-11-12-24-20/h2-10,20,22H,11-14H2,1H3/t20-/m1/s1. The largest absolute Gasteiger partial charge is 0.371 e. The maximum Gasteiger partial charge on any atom is 0.0949 e. The summed E-state index contributed by atoms with van der Waals surface area (Å²) in [5.41, 5.74) is 6.00. The van der Waals surface area contributed by atoms with Gasteiger partial charge >= 0.3 is 0 Å². The Morgan fingerprint density at radius 3 is 2.75 bits per heavy atom. The minimum atomic E-state index is 0.176. The fraction of sp³-hybridized carbons (Fsp3) is 0.286. The van der Waals surface area contributed by atoms with Crippen molar-refractivity contribution in [3.63, 3.8) is 0 Å². The van der Waals surface area contributed by atoms with Crippen LogP contribution < -0.4 is 5.32 Å². The molecule has 3 heteroatoms. The molecule has 0 aliphatic carbocycles. The molecule has 0 spiro atoms. The van der Waals surface area contributed by atoms with Crippen molar-refractivity contribution < 1.29 is 4.74 Å². The third kappa shape index (κ3) is 3.18. The zero-order valence-electron chi connectivity index (χ0n) is 14.0. The zero-order valence-corrected chi connectivity index (χ0v) is 14.0. The van der Waals surface area contributed by atoms with Crippen molar-refractivity contribution >= 4 is 10.9 Å². The summed E-state index contributed by atoms with van der Waals surface area (Å²) in [7, 11) is 0. The van der Waals surface area contributed by atoms with Crippen LogP contribution in [0.2, 0.25) is 0 Å². The van der Waals surface area contributed by atoms with Gasteiger partial charge in [-0.15, -0.1) is 0 Å². The van der Waals surface area contributed by atoms with Gasteiger partial charge in [0.2, 0.25) is 0 Å². The van der Waals surface area contributed by atoms with Crippen LogP contribution in [-0.4, -0.2) is 24.7 Å². The second-order valence-electron chi connectivity index (χ2n) is 6.42. The van der Waals surface area contributed by atoms with Crippen molar-refractivity contribution in [1.29, 1.82) is 0 Å². The number of rotatable bonds is 3. The lowest BCUT2D eigenvalue weighted by Gasteiger charge is -2.24. The molecule has 122 valence electrons. The predicted molar refractivity (Wildman–Crippen MR) is 97.3 cm³/mol. The van der Waals surface area contributed by atoms with Crippen LogP contribution in [0, 0.1) is 6.92 Å². The van der Waals surface area contributed by atoms with Crippen LogP contribution in [0.4, 0.5) is 0 Å².